The molecule has 1 N–H and O–H groups in total. The summed E-state index contributed by atoms with van der Waals surface area (Å²) in [6.45, 7) is 3.65. The summed E-state index contributed by atoms with van der Waals surface area (Å²) in [5.41, 5.74) is 2.46. The standard InChI is InChI=1S/C18H17N3O3/c1-12-5-3-4-6-16(12)23-11-17(22)20-15-9-7-14(8-10-15)18-19-13(2)21-24-18/h3-10H,11H2,1-2H3,(H,20,22). The Morgan fingerprint density at radius 2 is 1.88 bits per heavy atom. The van der Waals surface area contributed by atoms with Gasteiger partial charge in [0.25, 0.3) is 11.8 Å². The number of hydrogen-bond donors (Lipinski definition) is 1. The molecule has 0 atom stereocenters. The monoisotopic (exact) mass is 323 g/mol. The molecular formula is C18H17N3O3. The summed E-state index contributed by atoms with van der Waals surface area (Å²) in [6.07, 6.45) is 0. The summed E-state index contributed by atoms with van der Waals surface area (Å²) in [5.74, 6) is 1.51. The van der Waals surface area contributed by atoms with Crippen LogP contribution in [0.25, 0.3) is 11.5 Å². The number of nitrogens with one attached hydrogen (secondary N) is 1. The molecule has 0 unspecified atom stereocenters. The first-order valence-electron chi connectivity index (χ1n) is 7.51. The SMILES string of the molecule is Cc1noc(-c2ccc(NC(=O)COc3ccccc3C)cc2)n1. The van der Waals surface area contributed by atoms with Crippen LogP contribution in [0, 0.1) is 13.8 Å². The Bertz CT molecular complexity index is 841. The number of carbonyl (C=O) groups is 1. The average Bonchev–Trinajstić information content (AvgIpc) is 3.01. The van der Waals surface area contributed by atoms with Gasteiger partial charge in [0, 0.05) is 11.3 Å². The van der Waals surface area contributed by atoms with Crippen LogP contribution in [0.2, 0.25) is 0 Å². The maximum Gasteiger partial charge on any atom is 0.262 e. The number of benzene rings is 2. The quantitative estimate of drug-likeness (QED) is 0.779. The average molecular weight is 323 g/mol. The number of hydrogen-bond acceptors (Lipinski definition) is 5. The molecule has 0 saturated heterocycles. The second-order valence-electron chi connectivity index (χ2n) is 5.33. The first-order chi connectivity index (χ1) is 11.6. The predicted molar refractivity (Wildman–Crippen MR) is 89.8 cm³/mol. The molecule has 1 amide bonds. The fourth-order valence-corrected chi connectivity index (χ4v) is 2.17. The van der Waals surface area contributed by atoms with Crippen LogP contribution in [0.3, 0.4) is 0 Å². The molecule has 0 saturated carbocycles. The molecule has 6 nitrogen and oxygen atoms in total. The predicted octanol–water partition coefficient (Wildman–Crippen LogP) is 3.37. The number of rotatable bonds is 5. The fourth-order valence-electron chi connectivity index (χ4n) is 2.17. The number of anilines is 1. The number of para-hydroxylation sites is 1. The summed E-state index contributed by atoms with van der Waals surface area (Å²) >= 11 is 0. The van der Waals surface area contributed by atoms with Gasteiger partial charge in [0.2, 0.25) is 0 Å². The molecule has 1 heterocycles. The van der Waals surface area contributed by atoms with Crippen molar-refractivity contribution in [1.29, 1.82) is 0 Å². The van der Waals surface area contributed by atoms with Crippen molar-refractivity contribution in [2.75, 3.05) is 11.9 Å². The van der Waals surface area contributed by atoms with E-state index in [0.717, 1.165) is 11.1 Å². The van der Waals surface area contributed by atoms with Crippen LogP contribution in [0.4, 0.5) is 5.69 Å². The highest BCUT2D eigenvalue weighted by Crippen LogP contribution is 2.20. The van der Waals surface area contributed by atoms with E-state index in [-0.39, 0.29) is 12.5 Å². The van der Waals surface area contributed by atoms with Gasteiger partial charge in [-0.2, -0.15) is 4.98 Å². The summed E-state index contributed by atoms with van der Waals surface area (Å²) in [5, 5.41) is 6.54. The minimum atomic E-state index is -0.223. The molecule has 0 spiro atoms. The minimum absolute atomic E-state index is 0.0462. The van der Waals surface area contributed by atoms with E-state index in [0.29, 0.717) is 23.2 Å². The van der Waals surface area contributed by atoms with Crippen molar-refractivity contribution >= 4 is 11.6 Å². The second kappa shape index (κ2) is 6.95. The van der Waals surface area contributed by atoms with E-state index in [1.807, 2.05) is 43.3 Å². The molecule has 0 aliphatic rings. The summed E-state index contributed by atoms with van der Waals surface area (Å²) < 4.78 is 10.6. The third-order valence-electron chi connectivity index (χ3n) is 3.40. The molecule has 0 aliphatic carbocycles. The molecule has 2 aromatic carbocycles. The van der Waals surface area contributed by atoms with E-state index in [9.17, 15) is 4.79 Å². The molecule has 0 radical (unpaired) electrons. The largest absolute Gasteiger partial charge is 0.483 e. The van der Waals surface area contributed by atoms with Crippen molar-refractivity contribution in [3.63, 3.8) is 0 Å². The number of aromatic nitrogens is 2. The summed E-state index contributed by atoms with van der Waals surface area (Å²) in [7, 11) is 0. The molecular weight excluding hydrogens is 306 g/mol. The third-order valence-corrected chi connectivity index (χ3v) is 3.40. The Morgan fingerprint density at radius 1 is 1.12 bits per heavy atom. The lowest BCUT2D eigenvalue weighted by Crippen LogP contribution is -2.20. The van der Waals surface area contributed by atoms with Gasteiger partial charge in [0.05, 0.1) is 0 Å². The van der Waals surface area contributed by atoms with Gasteiger partial charge in [-0.05, 0) is 49.7 Å². The zero-order valence-electron chi connectivity index (χ0n) is 13.4. The number of carbonyl (C=O) groups excluding carboxylic acids is 1. The number of amides is 1. The van der Waals surface area contributed by atoms with Gasteiger partial charge in [-0.15, -0.1) is 0 Å². The van der Waals surface area contributed by atoms with Crippen LogP contribution < -0.4 is 10.1 Å². The summed E-state index contributed by atoms with van der Waals surface area (Å²) in [6, 6.07) is 14.7. The number of ether oxygens (including phenoxy) is 1. The Morgan fingerprint density at radius 3 is 2.54 bits per heavy atom. The summed E-state index contributed by atoms with van der Waals surface area (Å²) in [4.78, 5) is 16.1. The van der Waals surface area contributed by atoms with Gasteiger partial charge in [-0.1, -0.05) is 23.4 Å². The normalized spacial score (nSPS) is 10.4. The second-order valence-corrected chi connectivity index (χ2v) is 5.33. The molecule has 6 heteroatoms. The smallest absolute Gasteiger partial charge is 0.262 e. The van der Waals surface area contributed by atoms with E-state index >= 15 is 0 Å². The first-order valence-corrected chi connectivity index (χ1v) is 7.51. The highest BCUT2D eigenvalue weighted by atomic mass is 16.5. The van der Waals surface area contributed by atoms with Crippen LogP contribution in [0.1, 0.15) is 11.4 Å². The fraction of sp³-hybridized carbons (Fsp3) is 0.167. The van der Waals surface area contributed by atoms with Gasteiger partial charge in [0.1, 0.15) is 5.75 Å². The highest BCUT2D eigenvalue weighted by Gasteiger charge is 2.08. The van der Waals surface area contributed by atoms with Crippen molar-refractivity contribution in [3.05, 3.63) is 59.9 Å². The third kappa shape index (κ3) is 3.78. The van der Waals surface area contributed by atoms with Crippen molar-refractivity contribution in [1.82, 2.24) is 10.1 Å². The zero-order chi connectivity index (χ0) is 16.9. The van der Waals surface area contributed by atoms with E-state index in [1.165, 1.54) is 0 Å². The van der Waals surface area contributed by atoms with Gasteiger partial charge in [-0.3, -0.25) is 4.79 Å². The Hall–Kier alpha value is -3.15. The van der Waals surface area contributed by atoms with Crippen LogP contribution >= 0.6 is 0 Å². The van der Waals surface area contributed by atoms with Crippen molar-refractivity contribution in [3.8, 4) is 17.2 Å². The van der Waals surface area contributed by atoms with Crippen LogP contribution in [0.15, 0.2) is 53.1 Å². The molecule has 1 aromatic heterocycles. The minimum Gasteiger partial charge on any atom is -0.483 e. The molecule has 24 heavy (non-hydrogen) atoms. The molecule has 3 aromatic rings. The Kier molecular flexibility index (Phi) is 4.56. The van der Waals surface area contributed by atoms with Gasteiger partial charge >= 0.3 is 0 Å². The van der Waals surface area contributed by atoms with Crippen molar-refractivity contribution in [2.45, 2.75) is 13.8 Å². The lowest BCUT2D eigenvalue weighted by atomic mass is 10.2. The first kappa shape index (κ1) is 15.7. The van der Waals surface area contributed by atoms with Gasteiger partial charge in [0.15, 0.2) is 12.4 Å². The van der Waals surface area contributed by atoms with E-state index < -0.39 is 0 Å². The molecule has 3 rings (SSSR count). The maximum atomic E-state index is 12.0. The number of aryl methyl sites for hydroxylation is 2. The van der Waals surface area contributed by atoms with E-state index in [1.54, 1.807) is 19.1 Å². The molecule has 122 valence electrons. The van der Waals surface area contributed by atoms with Crippen LogP contribution in [-0.4, -0.2) is 22.7 Å². The van der Waals surface area contributed by atoms with Crippen molar-refractivity contribution < 1.29 is 14.1 Å². The van der Waals surface area contributed by atoms with Gasteiger partial charge < -0.3 is 14.6 Å². The topological polar surface area (TPSA) is 77.2 Å². The molecule has 0 fully saturated rings. The lowest BCUT2D eigenvalue weighted by Gasteiger charge is -2.09. The lowest BCUT2D eigenvalue weighted by molar-refractivity contribution is -0.118. The molecule has 0 bridgehead atoms. The van der Waals surface area contributed by atoms with Gasteiger partial charge in [-0.25, -0.2) is 0 Å². The Labute approximate surface area is 139 Å². The van der Waals surface area contributed by atoms with Crippen LogP contribution in [-0.2, 0) is 4.79 Å². The molecule has 0 aliphatic heterocycles. The maximum absolute atomic E-state index is 12.0. The van der Waals surface area contributed by atoms with E-state index in [2.05, 4.69) is 15.5 Å². The van der Waals surface area contributed by atoms with Crippen LogP contribution in [0.5, 0.6) is 5.75 Å². The highest BCUT2D eigenvalue weighted by molar-refractivity contribution is 5.92. The van der Waals surface area contributed by atoms with E-state index in [4.69, 9.17) is 9.26 Å². The van der Waals surface area contributed by atoms with Crippen molar-refractivity contribution in [2.24, 2.45) is 0 Å². The Balaban J connectivity index is 1.57. The number of nitrogens with zero attached hydrogens (tertiary/aromatic N) is 2. The zero-order valence-corrected chi connectivity index (χ0v) is 13.4.